The fourth-order valence-corrected chi connectivity index (χ4v) is 1.72. The van der Waals surface area contributed by atoms with Crippen molar-refractivity contribution < 1.29 is 13.6 Å². The van der Waals surface area contributed by atoms with Gasteiger partial charge in [-0.25, -0.2) is 8.78 Å². The van der Waals surface area contributed by atoms with Crippen molar-refractivity contribution in [3.8, 4) is 0 Å². The summed E-state index contributed by atoms with van der Waals surface area (Å²) in [5, 5.41) is 0. The van der Waals surface area contributed by atoms with Gasteiger partial charge in [0.25, 0.3) is 5.91 Å². The molecule has 1 amide bonds. The first kappa shape index (κ1) is 13.9. The molecule has 1 rings (SSSR count). The lowest BCUT2D eigenvalue weighted by Crippen LogP contribution is -2.34. The molecule has 94 valence electrons. The summed E-state index contributed by atoms with van der Waals surface area (Å²) in [5.74, 6) is -1.60. The topological polar surface area (TPSA) is 20.3 Å². The molecule has 0 aliphatic rings. The molecule has 0 fully saturated rings. The Hall–Kier alpha value is -1.16. The average molecular weight is 262 g/mol. The van der Waals surface area contributed by atoms with Crippen molar-refractivity contribution in [1.82, 2.24) is 4.90 Å². The second-order valence-electron chi connectivity index (χ2n) is 3.61. The summed E-state index contributed by atoms with van der Waals surface area (Å²) < 4.78 is 26.4. The number of carbonyl (C=O) groups is 1. The van der Waals surface area contributed by atoms with Gasteiger partial charge in [-0.3, -0.25) is 4.79 Å². The van der Waals surface area contributed by atoms with E-state index < -0.39 is 17.5 Å². The Morgan fingerprint density at radius 1 is 1.35 bits per heavy atom. The maximum absolute atomic E-state index is 13.4. The molecule has 2 nitrogen and oxygen atoms in total. The first-order valence-corrected chi connectivity index (χ1v) is 5.94. The Morgan fingerprint density at radius 3 is 2.65 bits per heavy atom. The van der Waals surface area contributed by atoms with Crippen molar-refractivity contribution in [2.45, 2.75) is 13.3 Å². The summed E-state index contributed by atoms with van der Waals surface area (Å²) in [6, 6.07) is 2.85. The van der Waals surface area contributed by atoms with Gasteiger partial charge >= 0.3 is 0 Å². The Labute approximate surface area is 104 Å². The minimum Gasteiger partial charge on any atom is -0.337 e. The normalized spacial score (nSPS) is 10.4. The second kappa shape index (κ2) is 6.55. The molecular formula is C12H14ClF2NO. The van der Waals surface area contributed by atoms with Gasteiger partial charge < -0.3 is 4.90 Å². The lowest BCUT2D eigenvalue weighted by atomic mass is 10.1. The number of carbonyl (C=O) groups excluding carboxylic acids is 1. The summed E-state index contributed by atoms with van der Waals surface area (Å²) in [4.78, 5) is 13.4. The summed E-state index contributed by atoms with van der Waals surface area (Å²) in [6.07, 6.45) is 0.736. The van der Waals surface area contributed by atoms with E-state index in [1.165, 1.54) is 4.90 Å². The number of benzene rings is 1. The van der Waals surface area contributed by atoms with Crippen LogP contribution in [0.2, 0.25) is 0 Å². The molecule has 0 aromatic heterocycles. The van der Waals surface area contributed by atoms with Gasteiger partial charge in [0, 0.05) is 19.0 Å². The smallest absolute Gasteiger partial charge is 0.256 e. The van der Waals surface area contributed by atoms with Gasteiger partial charge in [0.1, 0.15) is 11.6 Å². The Morgan fingerprint density at radius 2 is 2.06 bits per heavy atom. The minimum absolute atomic E-state index is 0.247. The van der Waals surface area contributed by atoms with E-state index in [-0.39, 0.29) is 11.4 Å². The van der Waals surface area contributed by atoms with Gasteiger partial charge in [-0.05, 0) is 24.6 Å². The van der Waals surface area contributed by atoms with E-state index in [9.17, 15) is 13.6 Å². The zero-order chi connectivity index (χ0) is 12.8. The third kappa shape index (κ3) is 3.66. The third-order valence-corrected chi connectivity index (χ3v) is 2.46. The van der Waals surface area contributed by atoms with Crippen molar-refractivity contribution in [2.75, 3.05) is 19.0 Å². The van der Waals surface area contributed by atoms with Crippen LogP contribution in [0.1, 0.15) is 23.7 Å². The van der Waals surface area contributed by atoms with E-state index in [0.717, 1.165) is 24.6 Å². The largest absolute Gasteiger partial charge is 0.337 e. The number of amides is 1. The van der Waals surface area contributed by atoms with Crippen molar-refractivity contribution in [3.05, 3.63) is 35.4 Å². The number of nitrogens with zero attached hydrogens (tertiary/aromatic N) is 1. The molecule has 0 unspecified atom stereocenters. The van der Waals surface area contributed by atoms with Crippen molar-refractivity contribution in [3.63, 3.8) is 0 Å². The summed E-state index contributed by atoms with van der Waals surface area (Å²) in [6.45, 7) is 2.70. The molecular weight excluding hydrogens is 248 g/mol. The van der Waals surface area contributed by atoms with Gasteiger partial charge in [0.05, 0.1) is 5.56 Å². The van der Waals surface area contributed by atoms with Crippen molar-refractivity contribution in [1.29, 1.82) is 0 Å². The number of alkyl halides is 1. The molecule has 5 heteroatoms. The van der Waals surface area contributed by atoms with Gasteiger partial charge in [0.2, 0.25) is 0 Å². The Balaban J connectivity index is 2.95. The Bertz CT molecular complexity index is 392. The van der Waals surface area contributed by atoms with E-state index >= 15 is 0 Å². The highest BCUT2D eigenvalue weighted by Gasteiger charge is 2.18. The van der Waals surface area contributed by atoms with E-state index in [1.54, 1.807) is 0 Å². The zero-order valence-electron chi connectivity index (χ0n) is 9.55. The molecule has 0 heterocycles. The maximum atomic E-state index is 13.4. The van der Waals surface area contributed by atoms with Crippen LogP contribution in [0, 0.1) is 11.6 Å². The number of hydrogen-bond acceptors (Lipinski definition) is 1. The highest BCUT2D eigenvalue weighted by atomic mass is 35.5. The molecule has 0 radical (unpaired) electrons. The van der Waals surface area contributed by atoms with Crippen LogP contribution in [0.25, 0.3) is 0 Å². The fourth-order valence-electron chi connectivity index (χ4n) is 1.52. The van der Waals surface area contributed by atoms with Crippen LogP contribution in [-0.2, 0) is 0 Å². The maximum Gasteiger partial charge on any atom is 0.256 e. The first-order chi connectivity index (χ1) is 8.10. The molecule has 1 aromatic carbocycles. The van der Waals surface area contributed by atoms with Crippen LogP contribution in [0.15, 0.2) is 18.2 Å². The number of hydrogen-bond donors (Lipinski definition) is 0. The highest BCUT2D eigenvalue weighted by molar-refractivity contribution is 6.18. The van der Waals surface area contributed by atoms with E-state index in [1.807, 2.05) is 6.92 Å². The van der Waals surface area contributed by atoms with E-state index in [2.05, 4.69) is 0 Å². The average Bonchev–Trinajstić information content (AvgIpc) is 2.31. The molecule has 0 N–H and O–H groups in total. The van der Waals surface area contributed by atoms with Crippen LogP contribution >= 0.6 is 11.6 Å². The van der Waals surface area contributed by atoms with Crippen LogP contribution in [-0.4, -0.2) is 29.8 Å². The molecule has 0 spiro atoms. The van der Waals surface area contributed by atoms with Crippen LogP contribution in [0.4, 0.5) is 8.78 Å². The molecule has 0 saturated carbocycles. The predicted molar refractivity (Wildman–Crippen MR) is 63.3 cm³/mol. The lowest BCUT2D eigenvalue weighted by Gasteiger charge is -2.21. The highest BCUT2D eigenvalue weighted by Crippen LogP contribution is 2.13. The van der Waals surface area contributed by atoms with E-state index in [0.29, 0.717) is 13.1 Å². The summed E-state index contributed by atoms with van der Waals surface area (Å²) in [7, 11) is 0. The SMILES string of the molecule is CCCN(CCCl)C(=O)c1cc(F)ccc1F. The van der Waals surface area contributed by atoms with Gasteiger partial charge in [-0.2, -0.15) is 0 Å². The third-order valence-electron chi connectivity index (χ3n) is 2.29. The first-order valence-electron chi connectivity index (χ1n) is 5.40. The quantitative estimate of drug-likeness (QED) is 0.746. The molecule has 0 saturated heterocycles. The van der Waals surface area contributed by atoms with Crippen molar-refractivity contribution >= 4 is 17.5 Å². The molecule has 17 heavy (non-hydrogen) atoms. The molecule has 0 atom stereocenters. The fraction of sp³-hybridized carbons (Fsp3) is 0.417. The van der Waals surface area contributed by atoms with Crippen LogP contribution < -0.4 is 0 Å². The predicted octanol–water partition coefficient (Wildman–Crippen LogP) is 3.06. The molecule has 0 bridgehead atoms. The monoisotopic (exact) mass is 261 g/mol. The van der Waals surface area contributed by atoms with Crippen LogP contribution in [0.3, 0.4) is 0 Å². The second-order valence-corrected chi connectivity index (χ2v) is 3.98. The van der Waals surface area contributed by atoms with Gasteiger partial charge in [-0.15, -0.1) is 11.6 Å². The molecule has 1 aromatic rings. The zero-order valence-corrected chi connectivity index (χ0v) is 10.3. The van der Waals surface area contributed by atoms with Gasteiger partial charge in [0.15, 0.2) is 0 Å². The number of halogens is 3. The molecule has 0 aliphatic carbocycles. The Kier molecular flexibility index (Phi) is 5.35. The molecule has 0 aliphatic heterocycles. The summed E-state index contributed by atoms with van der Waals surface area (Å²) >= 11 is 5.57. The van der Waals surface area contributed by atoms with E-state index in [4.69, 9.17) is 11.6 Å². The van der Waals surface area contributed by atoms with Crippen molar-refractivity contribution in [2.24, 2.45) is 0 Å². The van der Waals surface area contributed by atoms with Gasteiger partial charge in [-0.1, -0.05) is 6.92 Å². The lowest BCUT2D eigenvalue weighted by molar-refractivity contribution is 0.0760. The minimum atomic E-state index is -0.716. The van der Waals surface area contributed by atoms with Crippen LogP contribution in [0.5, 0.6) is 0 Å². The number of rotatable bonds is 5. The summed E-state index contributed by atoms with van der Waals surface area (Å²) in [5.41, 5.74) is -0.247. The standard InChI is InChI=1S/C12H14ClF2NO/c1-2-6-16(7-5-13)12(17)10-8-9(14)3-4-11(10)15/h3-4,8H,2,5-7H2,1H3.